The number of furan rings is 1. The topological polar surface area (TPSA) is 76.8 Å². The Hall–Kier alpha value is -3.88. The number of methoxy groups -OCH3 is 2. The van der Waals surface area contributed by atoms with Gasteiger partial charge in [0.25, 0.3) is 0 Å². The molecule has 0 aliphatic carbocycles. The van der Waals surface area contributed by atoms with Gasteiger partial charge in [-0.25, -0.2) is 4.79 Å². The van der Waals surface area contributed by atoms with Crippen molar-refractivity contribution in [2.45, 2.75) is 12.1 Å². The summed E-state index contributed by atoms with van der Waals surface area (Å²) in [6.07, 6.45) is 1.74. The van der Waals surface area contributed by atoms with Crippen molar-refractivity contribution in [3.63, 3.8) is 0 Å². The highest BCUT2D eigenvalue weighted by Crippen LogP contribution is 2.44. The molecule has 3 heterocycles. The van der Waals surface area contributed by atoms with Crippen molar-refractivity contribution < 1.29 is 18.7 Å². The Morgan fingerprint density at radius 2 is 1.89 bits per heavy atom. The molecule has 0 spiro atoms. The molecule has 1 N–H and O–H groups in total. The van der Waals surface area contributed by atoms with E-state index in [2.05, 4.69) is 10.3 Å². The molecule has 2 aromatic carbocycles. The number of halogens is 1. The maximum atomic E-state index is 12.3. The second-order valence-electron chi connectivity index (χ2n) is 8.05. The number of nitrogens with one attached hydrogen (secondary N) is 1. The maximum Gasteiger partial charge on any atom is 0.338 e. The van der Waals surface area contributed by atoms with E-state index in [1.54, 1.807) is 37.6 Å². The van der Waals surface area contributed by atoms with Crippen molar-refractivity contribution in [1.29, 1.82) is 0 Å². The van der Waals surface area contributed by atoms with Crippen LogP contribution in [-0.4, -0.2) is 30.3 Å². The third kappa shape index (κ3) is 4.29. The minimum atomic E-state index is -0.437. The van der Waals surface area contributed by atoms with Gasteiger partial charge in [0, 0.05) is 17.4 Å². The molecular formula is C27H22ClN3O4S. The standard InChI is InChI=1S/C27H22ClN3O4S/c1-33-22-11-10-16(15-19(22)28)31-25(24(30-27(31)36)20-9-5-6-14-29-20)23-13-12-21(35-23)17-7-3-4-8-18(17)26(32)34-2/h3-15,24-25H,1-2H3,(H,30,36)/t24-,25+/m0/s1. The number of rotatable bonds is 6. The lowest BCUT2D eigenvalue weighted by atomic mass is 10.0. The van der Waals surface area contributed by atoms with Crippen LogP contribution < -0.4 is 15.0 Å². The molecule has 182 valence electrons. The normalized spacial score (nSPS) is 17.1. The zero-order valence-electron chi connectivity index (χ0n) is 19.5. The van der Waals surface area contributed by atoms with Crippen LogP contribution in [0.3, 0.4) is 0 Å². The number of thiocarbonyl (C=S) groups is 1. The Labute approximate surface area is 218 Å². The average molecular weight is 520 g/mol. The molecule has 0 saturated carbocycles. The molecule has 4 aromatic rings. The second-order valence-corrected chi connectivity index (χ2v) is 8.85. The van der Waals surface area contributed by atoms with E-state index in [0.29, 0.717) is 38.5 Å². The monoisotopic (exact) mass is 519 g/mol. The Balaban J connectivity index is 1.61. The number of aromatic nitrogens is 1. The fraction of sp³-hybridized carbons (Fsp3) is 0.148. The highest BCUT2D eigenvalue weighted by atomic mass is 35.5. The van der Waals surface area contributed by atoms with Gasteiger partial charge in [0.2, 0.25) is 0 Å². The molecule has 36 heavy (non-hydrogen) atoms. The largest absolute Gasteiger partial charge is 0.495 e. The van der Waals surface area contributed by atoms with Gasteiger partial charge in [0.15, 0.2) is 5.11 Å². The molecule has 1 fully saturated rings. The van der Waals surface area contributed by atoms with Crippen LogP contribution in [0.2, 0.25) is 5.02 Å². The number of hydrogen-bond acceptors (Lipinski definition) is 6. The first-order valence-electron chi connectivity index (χ1n) is 11.1. The Morgan fingerprint density at radius 1 is 1.08 bits per heavy atom. The molecule has 1 aliphatic rings. The van der Waals surface area contributed by atoms with Crippen molar-refractivity contribution in [3.8, 4) is 17.1 Å². The summed E-state index contributed by atoms with van der Waals surface area (Å²) in [5, 5.41) is 4.36. The van der Waals surface area contributed by atoms with E-state index < -0.39 is 5.97 Å². The fourth-order valence-electron chi connectivity index (χ4n) is 4.37. The van der Waals surface area contributed by atoms with Gasteiger partial charge in [0.1, 0.15) is 23.3 Å². The molecule has 5 rings (SSSR count). The highest BCUT2D eigenvalue weighted by Gasteiger charge is 2.42. The van der Waals surface area contributed by atoms with Gasteiger partial charge < -0.3 is 24.1 Å². The number of esters is 1. The lowest BCUT2D eigenvalue weighted by Gasteiger charge is -2.26. The van der Waals surface area contributed by atoms with Gasteiger partial charge in [-0.3, -0.25) is 4.98 Å². The number of hydrogen-bond donors (Lipinski definition) is 1. The third-order valence-corrected chi connectivity index (χ3v) is 6.64. The molecule has 0 unspecified atom stereocenters. The van der Waals surface area contributed by atoms with Gasteiger partial charge in [0.05, 0.1) is 36.5 Å². The van der Waals surface area contributed by atoms with Crippen LogP contribution in [0, 0.1) is 0 Å². The summed E-state index contributed by atoms with van der Waals surface area (Å²) in [6.45, 7) is 0. The first-order valence-corrected chi connectivity index (χ1v) is 11.9. The molecule has 0 amide bonds. The number of nitrogens with zero attached hydrogens (tertiary/aromatic N) is 2. The lowest BCUT2D eigenvalue weighted by Crippen LogP contribution is -2.29. The Bertz CT molecular complexity index is 1430. The molecular weight excluding hydrogens is 498 g/mol. The van der Waals surface area contributed by atoms with Crippen LogP contribution in [0.5, 0.6) is 5.75 Å². The first kappa shape index (κ1) is 23.8. The van der Waals surface area contributed by atoms with Crippen molar-refractivity contribution in [2.75, 3.05) is 19.1 Å². The highest BCUT2D eigenvalue weighted by molar-refractivity contribution is 7.80. The van der Waals surface area contributed by atoms with E-state index >= 15 is 0 Å². The van der Waals surface area contributed by atoms with E-state index in [1.165, 1.54) is 7.11 Å². The average Bonchev–Trinajstić information content (AvgIpc) is 3.53. The number of pyridine rings is 1. The Morgan fingerprint density at radius 3 is 2.61 bits per heavy atom. The van der Waals surface area contributed by atoms with E-state index in [-0.39, 0.29) is 12.1 Å². The molecule has 1 aliphatic heterocycles. The molecule has 1 saturated heterocycles. The smallest absolute Gasteiger partial charge is 0.338 e. The summed E-state index contributed by atoms with van der Waals surface area (Å²) in [4.78, 5) is 18.9. The molecule has 2 atom stereocenters. The number of anilines is 1. The van der Waals surface area contributed by atoms with Crippen molar-refractivity contribution in [2.24, 2.45) is 0 Å². The molecule has 0 bridgehead atoms. The summed E-state index contributed by atoms with van der Waals surface area (Å²) in [6, 6.07) is 21.4. The zero-order valence-corrected chi connectivity index (χ0v) is 21.0. The van der Waals surface area contributed by atoms with Crippen LogP contribution in [0.4, 0.5) is 5.69 Å². The SMILES string of the molecule is COC(=O)c1ccccc1-c1ccc([C@@H]2[C@H](c3ccccn3)NC(=S)N2c2ccc(OC)c(Cl)c2)o1. The van der Waals surface area contributed by atoms with Crippen LogP contribution in [0.15, 0.2) is 83.4 Å². The van der Waals surface area contributed by atoms with Crippen LogP contribution in [0.1, 0.15) is 33.9 Å². The van der Waals surface area contributed by atoms with Crippen LogP contribution >= 0.6 is 23.8 Å². The zero-order chi connectivity index (χ0) is 25.2. The van der Waals surface area contributed by atoms with E-state index in [4.69, 9.17) is 37.7 Å². The fourth-order valence-corrected chi connectivity index (χ4v) is 4.97. The van der Waals surface area contributed by atoms with Crippen LogP contribution in [0.25, 0.3) is 11.3 Å². The summed E-state index contributed by atoms with van der Waals surface area (Å²) < 4.78 is 16.7. The number of carbonyl (C=O) groups is 1. The van der Waals surface area contributed by atoms with Crippen molar-refractivity contribution in [1.82, 2.24) is 10.3 Å². The molecule has 7 nitrogen and oxygen atoms in total. The predicted octanol–water partition coefficient (Wildman–Crippen LogP) is 5.97. The third-order valence-electron chi connectivity index (χ3n) is 6.03. The van der Waals surface area contributed by atoms with Crippen molar-refractivity contribution >= 4 is 40.6 Å². The van der Waals surface area contributed by atoms with Crippen LogP contribution in [-0.2, 0) is 4.74 Å². The predicted molar refractivity (Wildman–Crippen MR) is 141 cm³/mol. The van der Waals surface area contributed by atoms with E-state index in [9.17, 15) is 4.79 Å². The quantitative estimate of drug-likeness (QED) is 0.247. The summed E-state index contributed by atoms with van der Waals surface area (Å²) >= 11 is 12.2. The molecule has 0 radical (unpaired) electrons. The van der Waals surface area contributed by atoms with E-state index in [1.807, 2.05) is 53.4 Å². The summed E-state index contributed by atoms with van der Waals surface area (Å²) in [7, 11) is 2.92. The number of ether oxygens (including phenoxy) is 2. The summed E-state index contributed by atoms with van der Waals surface area (Å²) in [5.41, 5.74) is 2.63. The number of benzene rings is 2. The number of carbonyl (C=O) groups excluding carboxylic acids is 1. The maximum absolute atomic E-state index is 12.3. The minimum absolute atomic E-state index is 0.297. The molecule has 9 heteroatoms. The second kappa shape index (κ2) is 10.0. The first-order chi connectivity index (χ1) is 17.5. The van der Waals surface area contributed by atoms with E-state index in [0.717, 1.165) is 11.4 Å². The Kier molecular flexibility index (Phi) is 6.63. The van der Waals surface area contributed by atoms with Gasteiger partial charge >= 0.3 is 5.97 Å². The van der Waals surface area contributed by atoms with Gasteiger partial charge in [-0.05, 0) is 60.7 Å². The van der Waals surface area contributed by atoms with Crippen molar-refractivity contribution in [3.05, 3.63) is 101 Å². The molecule has 2 aromatic heterocycles. The summed E-state index contributed by atoms with van der Waals surface area (Å²) in [5.74, 6) is 1.31. The van der Waals surface area contributed by atoms with Gasteiger partial charge in [-0.15, -0.1) is 0 Å². The minimum Gasteiger partial charge on any atom is -0.495 e. The lowest BCUT2D eigenvalue weighted by molar-refractivity contribution is 0.0601. The van der Waals surface area contributed by atoms with Gasteiger partial charge in [-0.2, -0.15) is 0 Å². The van der Waals surface area contributed by atoms with Gasteiger partial charge in [-0.1, -0.05) is 35.9 Å².